The first-order valence-electron chi connectivity index (χ1n) is 6.16. The highest BCUT2D eigenvalue weighted by Crippen LogP contribution is 2.47. The second-order valence-electron chi connectivity index (χ2n) is 4.11. The van der Waals surface area contributed by atoms with Crippen molar-refractivity contribution in [3.63, 3.8) is 0 Å². The van der Waals surface area contributed by atoms with Crippen molar-refractivity contribution in [2.75, 3.05) is 7.11 Å². The molecule has 0 unspecified atom stereocenters. The first kappa shape index (κ1) is 22.7. The molecule has 0 radical (unpaired) electrons. The number of alkyl halides is 6. The minimum Gasteiger partial charge on any atom is -0.497 e. The lowest BCUT2D eigenvalue weighted by Gasteiger charge is -2.16. The largest absolute Gasteiger partial charge is 0.497 e. The molecule has 1 heterocycles. The highest BCUT2D eigenvalue weighted by molar-refractivity contribution is 9.39. The predicted octanol–water partition coefficient (Wildman–Crippen LogP) is 6.80. The van der Waals surface area contributed by atoms with Gasteiger partial charge in [-0.3, -0.25) is 0 Å². The summed E-state index contributed by atoms with van der Waals surface area (Å²) in [6.07, 6.45) is 4.66. The first-order chi connectivity index (χ1) is 11.1. The van der Waals surface area contributed by atoms with Gasteiger partial charge in [-0.2, -0.15) is 0 Å². The summed E-state index contributed by atoms with van der Waals surface area (Å²) in [6.45, 7) is 3.76. The number of aromatic nitrogens is 3. The summed E-state index contributed by atoms with van der Waals surface area (Å²) in [6, 6.07) is 5.80. The average molecular weight is 717 g/mol. The van der Waals surface area contributed by atoms with Crippen LogP contribution >= 0.6 is 95.6 Å². The molecule has 0 amide bonds. The fraction of sp³-hybridized carbons (Fsp3) is 0.214. The third-order valence-corrected chi connectivity index (χ3v) is 4.88. The van der Waals surface area contributed by atoms with Gasteiger partial charge < -0.3 is 4.74 Å². The SMILES string of the molecule is BrC(Br)(Br)c1ncncn1.C=Cc1ccc(OC)cc1C(Br)(Br)Br. The van der Waals surface area contributed by atoms with Crippen molar-refractivity contribution in [2.24, 2.45) is 0 Å². The lowest BCUT2D eigenvalue weighted by Crippen LogP contribution is -2.04. The van der Waals surface area contributed by atoms with Crippen LogP contribution in [0.2, 0.25) is 0 Å². The van der Waals surface area contributed by atoms with E-state index in [1.165, 1.54) is 12.7 Å². The molecule has 2 rings (SSSR count). The average Bonchev–Trinajstić information content (AvgIpc) is 2.54. The van der Waals surface area contributed by atoms with Gasteiger partial charge in [0.15, 0.2) is 10.1 Å². The minimum atomic E-state index is -0.532. The zero-order valence-electron chi connectivity index (χ0n) is 12.2. The lowest BCUT2D eigenvalue weighted by molar-refractivity contribution is 0.414. The topological polar surface area (TPSA) is 47.9 Å². The third kappa shape index (κ3) is 7.49. The quantitative estimate of drug-likeness (QED) is 0.321. The summed E-state index contributed by atoms with van der Waals surface area (Å²) < 4.78 is 4.18. The maximum Gasteiger partial charge on any atom is 0.194 e. The van der Waals surface area contributed by atoms with Gasteiger partial charge in [0.2, 0.25) is 0 Å². The second-order valence-corrected chi connectivity index (χ2v) is 17.6. The summed E-state index contributed by atoms with van der Waals surface area (Å²) in [4.78, 5) is 11.4. The zero-order chi connectivity index (χ0) is 18.4. The molecule has 0 bridgehead atoms. The van der Waals surface area contributed by atoms with Crippen LogP contribution in [0.4, 0.5) is 0 Å². The molecule has 0 atom stereocenters. The monoisotopic (exact) mass is 711 g/mol. The van der Waals surface area contributed by atoms with Gasteiger partial charge in [0.1, 0.15) is 18.4 Å². The normalized spacial score (nSPS) is 11.3. The molecular weight excluding hydrogens is 706 g/mol. The van der Waals surface area contributed by atoms with E-state index in [9.17, 15) is 0 Å². The fourth-order valence-corrected chi connectivity index (χ4v) is 3.12. The zero-order valence-corrected chi connectivity index (χ0v) is 21.7. The lowest BCUT2D eigenvalue weighted by atomic mass is 10.1. The van der Waals surface area contributed by atoms with Gasteiger partial charge in [0, 0.05) is 5.56 Å². The van der Waals surface area contributed by atoms with Crippen LogP contribution in [0.15, 0.2) is 37.4 Å². The highest BCUT2D eigenvalue weighted by atomic mass is 80.0. The van der Waals surface area contributed by atoms with Gasteiger partial charge in [-0.15, -0.1) is 0 Å². The summed E-state index contributed by atoms with van der Waals surface area (Å²) in [7, 11) is 1.64. The highest BCUT2D eigenvalue weighted by Gasteiger charge is 2.24. The van der Waals surface area contributed by atoms with E-state index in [4.69, 9.17) is 4.74 Å². The molecule has 24 heavy (non-hydrogen) atoms. The number of hydrogen-bond acceptors (Lipinski definition) is 4. The van der Waals surface area contributed by atoms with E-state index in [1.807, 2.05) is 18.2 Å². The molecule has 0 aliphatic carbocycles. The van der Waals surface area contributed by atoms with Crippen LogP contribution in [-0.2, 0) is 4.29 Å². The van der Waals surface area contributed by atoms with E-state index in [1.54, 1.807) is 13.2 Å². The number of rotatable bonds is 2. The van der Waals surface area contributed by atoms with Gasteiger partial charge in [0.25, 0.3) is 0 Å². The molecule has 4 nitrogen and oxygen atoms in total. The smallest absolute Gasteiger partial charge is 0.194 e. The van der Waals surface area contributed by atoms with Crippen LogP contribution in [0.25, 0.3) is 6.08 Å². The Kier molecular flexibility index (Phi) is 9.55. The Balaban J connectivity index is 0.000000254. The molecule has 0 aliphatic heterocycles. The minimum absolute atomic E-state index is 0.439. The van der Waals surface area contributed by atoms with E-state index in [0.29, 0.717) is 5.82 Å². The number of benzene rings is 1. The van der Waals surface area contributed by atoms with Gasteiger partial charge in [-0.25, -0.2) is 15.0 Å². The molecule has 1 aromatic carbocycles. The summed E-state index contributed by atoms with van der Waals surface area (Å²) >= 11 is 20.2. The molecule has 10 heteroatoms. The van der Waals surface area contributed by atoms with E-state index in [0.717, 1.165) is 16.9 Å². The van der Waals surface area contributed by atoms with Crippen LogP contribution < -0.4 is 4.74 Å². The van der Waals surface area contributed by atoms with Crippen molar-refractivity contribution in [1.82, 2.24) is 15.0 Å². The fourth-order valence-electron chi connectivity index (χ4n) is 1.47. The van der Waals surface area contributed by atoms with Crippen molar-refractivity contribution >= 4 is 102 Å². The van der Waals surface area contributed by atoms with Crippen molar-refractivity contribution in [1.29, 1.82) is 0 Å². The Morgan fingerprint density at radius 3 is 1.96 bits per heavy atom. The molecule has 0 fully saturated rings. The molecule has 1 aromatic heterocycles. The Hall–Kier alpha value is 0.650. The maximum atomic E-state index is 5.15. The van der Waals surface area contributed by atoms with E-state index in [2.05, 4.69) is 117 Å². The summed E-state index contributed by atoms with van der Waals surface area (Å²) in [5.41, 5.74) is 2.06. The van der Waals surface area contributed by atoms with Crippen LogP contribution in [-0.4, -0.2) is 22.1 Å². The molecule has 0 saturated carbocycles. The molecule has 130 valence electrons. The van der Waals surface area contributed by atoms with Gasteiger partial charge in [-0.1, -0.05) is 114 Å². The Bertz CT molecular complexity index is 670. The number of ether oxygens (including phenoxy) is 1. The van der Waals surface area contributed by atoms with E-state index < -0.39 is 4.29 Å². The van der Waals surface area contributed by atoms with Crippen LogP contribution in [0.3, 0.4) is 0 Å². The standard InChI is InChI=1S/C10H9Br3O.C4H2Br3N3/c1-3-7-4-5-8(14-2)6-9(7)10(11,12)13;5-4(6,7)3-9-1-8-2-10-3/h3-6H,1H2,2H3;1-2H. The van der Waals surface area contributed by atoms with Crippen molar-refractivity contribution in [3.05, 3.63) is 54.4 Å². The van der Waals surface area contributed by atoms with Crippen LogP contribution in [0.5, 0.6) is 5.75 Å². The number of halogens is 6. The van der Waals surface area contributed by atoms with Gasteiger partial charge in [-0.05, 0) is 17.7 Å². The third-order valence-electron chi connectivity index (χ3n) is 2.53. The van der Waals surface area contributed by atoms with Crippen LogP contribution in [0, 0.1) is 0 Å². The molecule has 0 spiro atoms. The molecule has 2 aromatic rings. The Morgan fingerprint density at radius 2 is 1.58 bits per heavy atom. The van der Waals surface area contributed by atoms with Crippen LogP contribution in [0.1, 0.15) is 17.0 Å². The van der Waals surface area contributed by atoms with E-state index in [-0.39, 0.29) is 0 Å². The number of hydrogen-bond donors (Lipinski definition) is 0. The molecular formula is C14H11Br6N3O. The van der Waals surface area contributed by atoms with Crippen molar-refractivity contribution in [3.8, 4) is 5.75 Å². The Labute approximate surface area is 191 Å². The predicted molar refractivity (Wildman–Crippen MR) is 120 cm³/mol. The number of methoxy groups -OCH3 is 1. The van der Waals surface area contributed by atoms with Crippen molar-refractivity contribution in [2.45, 2.75) is 4.29 Å². The summed E-state index contributed by atoms with van der Waals surface area (Å²) in [5, 5.41) is 0. The van der Waals surface area contributed by atoms with Gasteiger partial charge in [0.05, 0.1) is 7.11 Å². The molecule has 0 N–H and O–H groups in total. The Morgan fingerprint density at radius 1 is 1.00 bits per heavy atom. The van der Waals surface area contributed by atoms with Crippen molar-refractivity contribution < 1.29 is 4.74 Å². The first-order valence-corrected chi connectivity index (χ1v) is 10.9. The number of nitrogens with zero attached hydrogens (tertiary/aromatic N) is 3. The summed E-state index contributed by atoms with van der Waals surface area (Å²) in [5.74, 6) is 1.40. The second kappa shape index (κ2) is 10.1. The van der Waals surface area contributed by atoms with Gasteiger partial charge >= 0.3 is 0 Å². The maximum absolute atomic E-state index is 5.15. The molecule has 0 saturated heterocycles. The van der Waals surface area contributed by atoms with E-state index >= 15 is 0 Å². The molecule has 0 aliphatic rings.